The summed E-state index contributed by atoms with van der Waals surface area (Å²) in [5, 5.41) is 7.37. The van der Waals surface area contributed by atoms with Crippen LogP contribution in [0.3, 0.4) is 0 Å². The summed E-state index contributed by atoms with van der Waals surface area (Å²) in [5.74, 6) is 1.96. The van der Waals surface area contributed by atoms with Crippen molar-refractivity contribution in [1.82, 2.24) is 15.0 Å². The molecule has 10 rings (SSSR count). The van der Waals surface area contributed by atoms with Gasteiger partial charge in [0.2, 0.25) is 0 Å². The largest absolute Gasteiger partial charge is 0.208 e. The molecule has 0 N–H and O–H groups in total. The Balaban J connectivity index is 1.13. The van der Waals surface area contributed by atoms with E-state index in [9.17, 15) is 0 Å². The van der Waals surface area contributed by atoms with Crippen molar-refractivity contribution in [2.45, 2.75) is 0 Å². The predicted molar refractivity (Wildman–Crippen MR) is 215 cm³/mol. The quantitative estimate of drug-likeness (QED) is 0.171. The molecule has 0 atom stereocenters. The molecule has 4 heteroatoms. The molecule has 2 heterocycles. The number of thiophene rings is 1. The third-order valence-electron chi connectivity index (χ3n) is 9.73. The van der Waals surface area contributed by atoms with Crippen molar-refractivity contribution >= 4 is 53.1 Å². The Morgan fingerprint density at radius 3 is 1.63 bits per heavy atom. The van der Waals surface area contributed by atoms with Crippen LogP contribution in [0.1, 0.15) is 0 Å². The summed E-state index contributed by atoms with van der Waals surface area (Å²) in [4.78, 5) is 15.3. The smallest absolute Gasteiger partial charge is 0.164 e. The lowest BCUT2D eigenvalue weighted by Crippen LogP contribution is -2.00. The first-order valence-electron chi connectivity index (χ1n) is 17.1. The fourth-order valence-corrected chi connectivity index (χ4v) is 8.35. The first-order chi connectivity index (χ1) is 25.2. The van der Waals surface area contributed by atoms with E-state index in [0.29, 0.717) is 17.5 Å². The summed E-state index contributed by atoms with van der Waals surface area (Å²) in [5.41, 5.74) is 7.67. The normalized spacial score (nSPS) is 11.5. The molecule has 0 saturated heterocycles. The van der Waals surface area contributed by atoms with Gasteiger partial charge in [-0.2, -0.15) is 0 Å². The molecule has 10 aromatic rings. The molecule has 51 heavy (non-hydrogen) atoms. The Labute approximate surface area is 299 Å². The SMILES string of the molecule is c1ccc(-c2ccc(-c3nc(-c4ccc5c(ccc6ccccc65)c4)nc(-c4ccc5c(c4)sc4cccc(-c6ccccc6)c45)n3)cc2)cc1. The highest BCUT2D eigenvalue weighted by Crippen LogP contribution is 2.41. The third-order valence-corrected chi connectivity index (χ3v) is 10.8. The molecule has 0 bridgehead atoms. The summed E-state index contributed by atoms with van der Waals surface area (Å²) in [6.07, 6.45) is 0. The minimum Gasteiger partial charge on any atom is -0.208 e. The maximum Gasteiger partial charge on any atom is 0.164 e. The topological polar surface area (TPSA) is 38.7 Å². The molecule has 238 valence electrons. The fourth-order valence-electron chi connectivity index (χ4n) is 7.18. The molecule has 2 aromatic heterocycles. The van der Waals surface area contributed by atoms with E-state index in [0.717, 1.165) is 27.6 Å². The third kappa shape index (κ3) is 5.25. The highest BCUT2D eigenvalue weighted by atomic mass is 32.1. The van der Waals surface area contributed by atoms with E-state index >= 15 is 0 Å². The van der Waals surface area contributed by atoms with E-state index in [4.69, 9.17) is 15.0 Å². The summed E-state index contributed by atoms with van der Waals surface area (Å²) in [6, 6.07) is 62.2. The van der Waals surface area contributed by atoms with Crippen LogP contribution < -0.4 is 0 Å². The van der Waals surface area contributed by atoms with Crippen LogP contribution in [0.25, 0.3) is 98.1 Å². The van der Waals surface area contributed by atoms with Gasteiger partial charge in [0.15, 0.2) is 17.5 Å². The number of aromatic nitrogens is 3. The Morgan fingerprint density at radius 1 is 0.314 bits per heavy atom. The van der Waals surface area contributed by atoms with E-state index in [1.165, 1.54) is 53.0 Å². The van der Waals surface area contributed by atoms with Gasteiger partial charge in [0.25, 0.3) is 0 Å². The molecule has 0 aliphatic carbocycles. The highest BCUT2D eigenvalue weighted by molar-refractivity contribution is 7.26. The highest BCUT2D eigenvalue weighted by Gasteiger charge is 2.16. The zero-order chi connectivity index (χ0) is 33.7. The molecule has 0 spiro atoms. The second-order valence-corrected chi connectivity index (χ2v) is 13.9. The maximum absolute atomic E-state index is 5.14. The summed E-state index contributed by atoms with van der Waals surface area (Å²) >= 11 is 1.81. The molecule has 0 fully saturated rings. The molecule has 0 amide bonds. The second kappa shape index (κ2) is 12.1. The van der Waals surface area contributed by atoms with E-state index in [1.54, 1.807) is 0 Å². The van der Waals surface area contributed by atoms with E-state index < -0.39 is 0 Å². The number of hydrogen-bond donors (Lipinski definition) is 0. The van der Waals surface area contributed by atoms with Gasteiger partial charge in [-0.25, -0.2) is 15.0 Å². The van der Waals surface area contributed by atoms with Crippen LogP contribution in [0.2, 0.25) is 0 Å². The summed E-state index contributed by atoms with van der Waals surface area (Å²) in [7, 11) is 0. The lowest BCUT2D eigenvalue weighted by molar-refractivity contribution is 1.08. The first-order valence-corrected chi connectivity index (χ1v) is 17.9. The van der Waals surface area contributed by atoms with Gasteiger partial charge in [-0.05, 0) is 62.0 Å². The van der Waals surface area contributed by atoms with E-state index in [2.05, 4.69) is 170 Å². The van der Waals surface area contributed by atoms with Crippen LogP contribution in [0.4, 0.5) is 0 Å². The van der Waals surface area contributed by atoms with Crippen molar-refractivity contribution in [3.63, 3.8) is 0 Å². The molecular weight excluding hydrogens is 639 g/mol. The first kappa shape index (κ1) is 29.4. The Bertz CT molecular complexity index is 2900. The van der Waals surface area contributed by atoms with Crippen LogP contribution in [0, 0.1) is 0 Å². The molecule has 0 aliphatic heterocycles. The zero-order valence-electron chi connectivity index (χ0n) is 27.5. The van der Waals surface area contributed by atoms with Crippen molar-refractivity contribution in [2.24, 2.45) is 0 Å². The lowest BCUT2D eigenvalue weighted by Gasteiger charge is -2.11. The van der Waals surface area contributed by atoms with Gasteiger partial charge in [-0.3, -0.25) is 0 Å². The zero-order valence-corrected chi connectivity index (χ0v) is 28.3. The predicted octanol–water partition coefficient (Wildman–Crippen LogP) is 12.9. The minimum atomic E-state index is 0.649. The van der Waals surface area contributed by atoms with Crippen LogP contribution >= 0.6 is 11.3 Å². The molecule has 0 radical (unpaired) electrons. The van der Waals surface area contributed by atoms with Crippen molar-refractivity contribution in [3.8, 4) is 56.4 Å². The van der Waals surface area contributed by atoms with Gasteiger partial charge >= 0.3 is 0 Å². The minimum absolute atomic E-state index is 0.649. The lowest BCUT2D eigenvalue weighted by atomic mass is 9.99. The van der Waals surface area contributed by atoms with Gasteiger partial charge in [0.05, 0.1) is 0 Å². The van der Waals surface area contributed by atoms with Crippen LogP contribution in [-0.4, -0.2) is 15.0 Å². The number of benzene rings is 8. The Morgan fingerprint density at radius 2 is 0.863 bits per heavy atom. The standard InChI is InChI=1S/C47H29N3S/c1-3-10-30(11-4-1)31-18-21-34(22-19-31)45-48-46(36-24-26-39-35(28-36)23-20-33-14-7-8-15-38(33)39)50-47(49-45)37-25-27-41-43(29-37)51-42-17-9-16-40(44(41)42)32-12-5-2-6-13-32/h1-29H. The van der Waals surface area contributed by atoms with Gasteiger partial charge < -0.3 is 0 Å². The van der Waals surface area contributed by atoms with Crippen LogP contribution in [0.5, 0.6) is 0 Å². The average Bonchev–Trinajstić information content (AvgIpc) is 3.59. The van der Waals surface area contributed by atoms with Crippen LogP contribution in [-0.2, 0) is 0 Å². The molecule has 0 unspecified atom stereocenters. The summed E-state index contributed by atoms with van der Waals surface area (Å²) < 4.78 is 2.47. The fraction of sp³-hybridized carbons (Fsp3) is 0. The molecule has 0 saturated carbocycles. The van der Waals surface area contributed by atoms with Crippen molar-refractivity contribution < 1.29 is 0 Å². The van der Waals surface area contributed by atoms with Gasteiger partial charge in [-0.1, -0.05) is 158 Å². The molecule has 0 aliphatic rings. The van der Waals surface area contributed by atoms with Crippen molar-refractivity contribution in [1.29, 1.82) is 0 Å². The van der Waals surface area contributed by atoms with Crippen molar-refractivity contribution in [2.75, 3.05) is 0 Å². The molecule has 3 nitrogen and oxygen atoms in total. The molecular formula is C47H29N3S. The number of hydrogen-bond acceptors (Lipinski definition) is 4. The average molecular weight is 668 g/mol. The van der Waals surface area contributed by atoms with Crippen molar-refractivity contribution in [3.05, 3.63) is 176 Å². The van der Waals surface area contributed by atoms with Gasteiger partial charge in [0, 0.05) is 36.9 Å². The monoisotopic (exact) mass is 667 g/mol. The van der Waals surface area contributed by atoms with E-state index in [1.807, 2.05) is 17.4 Å². The Kier molecular flexibility index (Phi) is 7.00. The second-order valence-electron chi connectivity index (χ2n) is 12.8. The molecule has 8 aromatic carbocycles. The van der Waals surface area contributed by atoms with Gasteiger partial charge in [0.1, 0.15) is 0 Å². The van der Waals surface area contributed by atoms with E-state index in [-0.39, 0.29) is 0 Å². The summed E-state index contributed by atoms with van der Waals surface area (Å²) in [6.45, 7) is 0. The number of nitrogens with zero attached hydrogens (tertiary/aromatic N) is 3. The number of rotatable bonds is 5. The Hall–Kier alpha value is -6.49. The van der Waals surface area contributed by atoms with Gasteiger partial charge in [-0.15, -0.1) is 11.3 Å². The van der Waals surface area contributed by atoms with Crippen LogP contribution in [0.15, 0.2) is 176 Å². The number of fused-ring (bicyclic) bond motifs is 6. The maximum atomic E-state index is 5.14.